The zero-order valence-corrected chi connectivity index (χ0v) is 9.95. The van der Waals surface area contributed by atoms with Crippen LogP contribution >= 0.6 is 0 Å². The van der Waals surface area contributed by atoms with Gasteiger partial charge in [-0.1, -0.05) is 13.3 Å². The number of nitro groups is 1. The summed E-state index contributed by atoms with van der Waals surface area (Å²) < 4.78 is 27.1. The molecular weight excluding hydrogens is 242 g/mol. The molecule has 2 rings (SSSR count). The van der Waals surface area contributed by atoms with E-state index in [2.05, 4.69) is 12.2 Å². The number of halogens is 2. The van der Waals surface area contributed by atoms with E-state index in [0.29, 0.717) is 5.92 Å². The Labute approximate surface area is 103 Å². The minimum absolute atomic E-state index is 0.0791. The van der Waals surface area contributed by atoms with Crippen molar-refractivity contribution in [3.05, 3.63) is 33.9 Å². The lowest BCUT2D eigenvalue weighted by Crippen LogP contribution is -2.09. The van der Waals surface area contributed by atoms with Crippen molar-refractivity contribution in [1.82, 2.24) is 0 Å². The van der Waals surface area contributed by atoms with Crippen molar-refractivity contribution in [1.29, 1.82) is 0 Å². The molecule has 0 heterocycles. The Morgan fingerprint density at radius 3 is 2.56 bits per heavy atom. The molecule has 0 aliphatic heterocycles. The Balaban J connectivity index is 2.12. The van der Waals surface area contributed by atoms with Crippen LogP contribution in [0, 0.1) is 27.7 Å². The number of rotatable bonds is 5. The smallest absolute Gasteiger partial charge is 0.275 e. The van der Waals surface area contributed by atoms with Gasteiger partial charge in [0.05, 0.1) is 17.1 Å². The molecule has 0 amide bonds. The van der Waals surface area contributed by atoms with Gasteiger partial charge in [0, 0.05) is 6.04 Å². The number of non-ortho nitro benzene ring substituents is 1. The molecular formula is C12H14F2N2O2. The van der Waals surface area contributed by atoms with E-state index >= 15 is 0 Å². The Morgan fingerprint density at radius 1 is 1.44 bits per heavy atom. The van der Waals surface area contributed by atoms with Crippen LogP contribution in [0.4, 0.5) is 20.2 Å². The molecule has 1 aromatic rings. The number of nitro benzene ring substituents is 1. The number of nitrogens with zero attached hydrogens (tertiary/aromatic N) is 1. The quantitative estimate of drug-likeness (QED) is 0.648. The number of hydrogen-bond donors (Lipinski definition) is 1. The van der Waals surface area contributed by atoms with Crippen LogP contribution in [-0.4, -0.2) is 11.0 Å². The molecule has 0 bridgehead atoms. The molecule has 98 valence electrons. The van der Waals surface area contributed by atoms with Gasteiger partial charge in [0.25, 0.3) is 5.69 Å². The second-order valence-electron chi connectivity index (χ2n) is 4.58. The standard InChI is InChI=1S/C12H14F2N2O2/c1-2-3-7-4-11(7)15-12-9(13)5-8(16(17)18)6-10(12)14/h5-7,11,15H,2-4H2,1H3. The highest BCUT2D eigenvalue weighted by Crippen LogP contribution is 2.38. The lowest BCUT2D eigenvalue weighted by atomic mass is 10.2. The molecule has 2 unspecified atom stereocenters. The largest absolute Gasteiger partial charge is 0.377 e. The van der Waals surface area contributed by atoms with Gasteiger partial charge in [-0.15, -0.1) is 0 Å². The fraction of sp³-hybridized carbons (Fsp3) is 0.500. The summed E-state index contributed by atoms with van der Waals surface area (Å²) >= 11 is 0. The summed E-state index contributed by atoms with van der Waals surface area (Å²) in [6.45, 7) is 2.06. The van der Waals surface area contributed by atoms with E-state index in [4.69, 9.17) is 0 Å². The third-order valence-corrected chi connectivity index (χ3v) is 3.15. The first kappa shape index (κ1) is 12.7. The van der Waals surface area contributed by atoms with Crippen molar-refractivity contribution < 1.29 is 13.7 Å². The van der Waals surface area contributed by atoms with Crippen LogP contribution < -0.4 is 5.32 Å². The Morgan fingerprint density at radius 2 is 2.06 bits per heavy atom. The summed E-state index contributed by atoms with van der Waals surface area (Å²) in [4.78, 5) is 9.63. The fourth-order valence-electron chi connectivity index (χ4n) is 2.10. The van der Waals surface area contributed by atoms with Crippen molar-refractivity contribution in [2.75, 3.05) is 5.32 Å². The maximum Gasteiger partial charge on any atom is 0.275 e. The second kappa shape index (κ2) is 4.88. The van der Waals surface area contributed by atoms with E-state index in [0.717, 1.165) is 31.4 Å². The van der Waals surface area contributed by atoms with Crippen LogP contribution in [0.25, 0.3) is 0 Å². The molecule has 0 saturated heterocycles. The highest BCUT2D eigenvalue weighted by Gasteiger charge is 2.37. The third-order valence-electron chi connectivity index (χ3n) is 3.15. The maximum absolute atomic E-state index is 13.6. The lowest BCUT2D eigenvalue weighted by molar-refractivity contribution is -0.385. The molecule has 1 N–H and O–H groups in total. The fourth-order valence-corrected chi connectivity index (χ4v) is 2.10. The van der Waals surface area contributed by atoms with Gasteiger partial charge in [0.1, 0.15) is 5.69 Å². The summed E-state index contributed by atoms with van der Waals surface area (Å²) in [5.74, 6) is -1.38. The Hall–Kier alpha value is -1.72. The molecule has 1 fully saturated rings. The minimum atomic E-state index is -0.913. The third kappa shape index (κ3) is 2.57. The van der Waals surface area contributed by atoms with Gasteiger partial charge in [0.15, 0.2) is 11.6 Å². The number of anilines is 1. The molecule has 2 atom stereocenters. The van der Waals surface area contributed by atoms with Crippen molar-refractivity contribution in [3.63, 3.8) is 0 Å². The van der Waals surface area contributed by atoms with Crippen molar-refractivity contribution >= 4 is 11.4 Å². The normalized spacial score (nSPS) is 21.7. The van der Waals surface area contributed by atoms with Crippen LogP contribution in [0.2, 0.25) is 0 Å². The van der Waals surface area contributed by atoms with E-state index < -0.39 is 22.2 Å². The first-order valence-electron chi connectivity index (χ1n) is 5.93. The Kier molecular flexibility index (Phi) is 3.45. The molecule has 0 spiro atoms. The van der Waals surface area contributed by atoms with Crippen molar-refractivity contribution in [3.8, 4) is 0 Å². The van der Waals surface area contributed by atoms with Crippen molar-refractivity contribution in [2.45, 2.75) is 32.2 Å². The molecule has 1 saturated carbocycles. The number of nitrogens with one attached hydrogen (secondary N) is 1. The van der Waals surface area contributed by atoms with Crippen LogP contribution in [0.15, 0.2) is 12.1 Å². The molecule has 6 heteroatoms. The Bertz CT molecular complexity index is 456. The zero-order chi connectivity index (χ0) is 13.3. The number of hydrogen-bond acceptors (Lipinski definition) is 3. The van der Waals surface area contributed by atoms with Crippen molar-refractivity contribution in [2.24, 2.45) is 5.92 Å². The summed E-state index contributed by atoms with van der Waals surface area (Å²) in [6.07, 6.45) is 2.95. The van der Waals surface area contributed by atoms with Gasteiger partial charge in [-0.3, -0.25) is 10.1 Å². The molecule has 18 heavy (non-hydrogen) atoms. The first-order valence-corrected chi connectivity index (χ1v) is 5.93. The zero-order valence-electron chi connectivity index (χ0n) is 9.95. The van der Waals surface area contributed by atoms with E-state index in [1.807, 2.05) is 0 Å². The van der Waals surface area contributed by atoms with Gasteiger partial charge in [-0.05, 0) is 18.8 Å². The van der Waals surface area contributed by atoms with E-state index in [-0.39, 0.29) is 11.7 Å². The van der Waals surface area contributed by atoms with Crippen LogP contribution in [0.3, 0.4) is 0 Å². The average molecular weight is 256 g/mol. The lowest BCUT2D eigenvalue weighted by Gasteiger charge is -2.08. The first-order chi connectivity index (χ1) is 8.52. The molecule has 0 radical (unpaired) electrons. The van der Waals surface area contributed by atoms with Crippen LogP contribution in [-0.2, 0) is 0 Å². The van der Waals surface area contributed by atoms with Gasteiger partial charge in [-0.25, -0.2) is 8.78 Å². The predicted molar refractivity (Wildman–Crippen MR) is 63.4 cm³/mol. The second-order valence-corrected chi connectivity index (χ2v) is 4.58. The SMILES string of the molecule is CCCC1CC1Nc1c(F)cc([N+](=O)[O-])cc1F. The minimum Gasteiger partial charge on any atom is -0.377 e. The van der Waals surface area contributed by atoms with Crippen LogP contribution in [0.5, 0.6) is 0 Å². The molecule has 1 aliphatic rings. The van der Waals surface area contributed by atoms with E-state index in [1.54, 1.807) is 0 Å². The highest BCUT2D eigenvalue weighted by atomic mass is 19.1. The molecule has 4 nitrogen and oxygen atoms in total. The summed E-state index contributed by atoms with van der Waals surface area (Å²) in [7, 11) is 0. The van der Waals surface area contributed by atoms with Gasteiger partial charge in [0.2, 0.25) is 0 Å². The predicted octanol–water partition coefficient (Wildman–Crippen LogP) is 3.47. The molecule has 1 aromatic carbocycles. The van der Waals surface area contributed by atoms with Gasteiger partial charge < -0.3 is 5.32 Å². The molecule has 0 aromatic heterocycles. The highest BCUT2D eigenvalue weighted by molar-refractivity contribution is 5.53. The summed E-state index contributed by atoms with van der Waals surface area (Å²) in [5.41, 5.74) is -0.833. The number of benzene rings is 1. The van der Waals surface area contributed by atoms with Gasteiger partial charge >= 0.3 is 0 Å². The topological polar surface area (TPSA) is 55.2 Å². The average Bonchev–Trinajstić information content (AvgIpc) is 3.02. The summed E-state index contributed by atoms with van der Waals surface area (Å²) in [5, 5.41) is 13.2. The monoisotopic (exact) mass is 256 g/mol. The van der Waals surface area contributed by atoms with E-state index in [9.17, 15) is 18.9 Å². The maximum atomic E-state index is 13.6. The molecule has 1 aliphatic carbocycles. The van der Waals surface area contributed by atoms with E-state index in [1.165, 1.54) is 0 Å². The summed E-state index contributed by atoms with van der Waals surface area (Å²) in [6, 6.07) is 1.56. The van der Waals surface area contributed by atoms with Crippen LogP contribution in [0.1, 0.15) is 26.2 Å². The van der Waals surface area contributed by atoms with Gasteiger partial charge in [-0.2, -0.15) is 0 Å².